The molecule has 2 aromatic carbocycles. The van der Waals surface area contributed by atoms with Crippen molar-refractivity contribution in [1.82, 2.24) is 4.90 Å². The number of aliphatic imine (C=N–C) groups is 1. The number of amides is 1. The molecule has 1 aliphatic carbocycles. The Hall–Kier alpha value is -2.24. The highest BCUT2D eigenvalue weighted by atomic mass is 35.5. The first-order valence-electron chi connectivity index (χ1n) is 9.93. The number of halogens is 1. The van der Waals surface area contributed by atoms with Gasteiger partial charge in [0, 0.05) is 16.1 Å². The van der Waals surface area contributed by atoms with Crippen molar-refractivity contribution in [3.63, 3.8) is 0 Å². The first-order valence-corrected chi connectivity index (χ1v) is 10.7. The van der Waals surface area contributed by atoms with Gasteiger partial charge in [-0.05, 0) is 62.1 Å². The fraction of sp³-hybridized carbons (Fsp3) is 0.348. The van der Waals surface area contributed by atoms with Crippen LogP contribution in [0.5, 0.6) is 5.75 Å². The summed E-state index contributed by atoms with van der Waals surface area (Å²) in [6, 6.07) is 14.7. The highest BCUT2D eigenvalue weighted by molar-refractivity contribution is 7.82. The van der Waals surface area contributed by atoms with Crippen molar-refractivity contribution < 1.29 is 9.53 Å². The number of hydrogen-bond donors (Lipinski definition) is 0. The van der Waals surface area contributed by atoms with Gasteiger partial charge in [-0.1, -0.05) is 48.8 Å². The first-order chi connectivity index (χ1) is 14.0. The van der Waals surface area contributed by atoms with Crippen LogP contribution in [0.2, 0.25) is 5.02 Å². The minimum absolute atomic E-state index is 0.111. The summed E-state index contributed by atoms with van der Waals surface area (Å²) in [4.78, 5) is 20.9. The van der Waals surface area contributed by atoms with Gasteiger partial charge in [0.1, 0.15) is 22.1 Å². The summed E-state index contributed by atoms with van der Waals surface area (Å²) in [6.07, 6.45) is 6.00. The van der Waals surface area contributed by atoms with Crippen LogP contribution < -0.4 is 4.74 Å². The van der Waals surface area contributed by atoms with Crippen LogP contribution in [0.15, 0.2) is 53.5 Å². The zero-order valence-corrected chi connectivity index (χ0v) is 17.9. The van der Waals surface area contributed by atoms with E-state index in [1.54, 1.807) is 36.3 Å². The van der Waals surface area contributed by atoms with E-state index in [1.807, 2.05) is 24.3 Å². The zero-order chi connectivity index (χ0) is 20.4. The predicted octanol–water partition coefficient (Wildman–Crippen LogP) is 5.67. The third kappa shape index (κ3) is 3.81. The molecule has 29 heavy (non-hydrogen) atoms. The monoisotopic (exact) mass is 426 g/mol. The zero-order valence-electron chi connectivity index (χ0n) is 16.4. The second kappa shape index (κ2) is 8.25. The van der Waals surface area contributed by atoms with Crippen LogP contribution in [0, 0.1) is 0 Å². The molecule has 2 aliphatic rings. The molecule has 0 aromatic heterocycles. The largest absolute Gasteiger partial charge is 0.497 e. The molecule has 1 fully saturated rings. The van der Waals surface area contributed by atoms with E-state index < -0.39 is 5.66 Å². The van der Waals surface area contributed by atoms with Crippen LogP contribution in [-0.2, 0) is 0 Å². The standard InChI is InChI=1S/C23H23ClN2O2S/c1-28-19-11-9-16(10-12-19)21(27)26-22(29)20(17-7-6-8-18(24)15-17)25-23(26)13-4-2-3-5-14-23/h6-12,15H,2-5,13-14H2,1H3. The van der Waals surface area contributed by atoms with Gasteiger partial charge in [-0.15, -0.1) is 0 Å². The number of carbonyl (C=O) groups excluding carboxylic acids is 1. The van der Waals surface area contributed by atoms with Gasteiger partial charge in [0.05, 0.1) is 7.11 Å². The summed E-state index contributed by atoms with van der Waals surface area (Å²) >= 11 is 12.0. The van der Waals surface area contributed by atoms with Gasteiger partial charge < -0.3 is 4.74 Å². The van der Waals surface area contributed by atoms with E-state index in [-0.39, 0.29) is 5.91 Å². The molecule has 150 valence electrons. The minimum Gasteiger partial charge on any atom is -0.497 e. The summed E-state index contributed by atoms with van der Waals surface area (Å²) in [6.45, 7) is 0. The molecule has 1 amide bonds. The van der Waals surface area contributed by atoms with Crippen molar-refractivity contribution >= 4 is 40.4 Å². The molecule has 4 rings (SSSR count). The topological polar surface area (TPSA) is 41.9 Å². The molecule has 0 radical (unpaired) electrons. The summed E-state index contributed by atoms with van der Waals surface area (Å²) in [5, 5.41) is 0.628. The fourth-order valence-corrected chi connectivity index (χ4v) is 4.81. The maximum atomic E-state index is 13.6. The Morgan fingerprint density at radius 3 is 2.41 bits per heavy atom. The van der Waals surface area contributed by atoms with Crippen LogP contribution in [-0.4, -0.2) is 34.3 Å². The van der Waals surface area contributed by atoms with Crippen LogP contribution in [0.4, 0.5) is 0 Å². The van der Waals surface area contributed by atoms with Gasteiger partial charge in [0.15, 0.2) is 0 Å². The van der Waals surface area contributed by atoms with Crippen molar-refractivity contribution in [2.75, 3.05) is 7.11 Å². The number of carbonyl (C=O) groups is 1. The molecule has 0 unspecified atom stereocenters. The Kier molecular flexibility index (Phi) is 5.70. The van der Waals surface area contributed by atoms with Crippen molar-refractivity contribution in [1.29, 1.82) is 0 Å². The second-order valence-corrected chi connectivity index (χ2v) is 8.36. The molecule has 1 aliphatic heterocycles. The molecule has 6 heteroatoms. The van der Waals surface area contributed by atoms with Crippen LogP contribution in [0.1, 0.15) is 54.4 Å². The Balaban J connectivity index is 1.76. The molecule has 1 spiro atoms. The first kappa shape index (κ1) is 20.0. The fourth-order valence-electron chi connectivity index (χ4n) is 4.20. The van der Waals surface area contributed by atoms with Crippen molar-refractivity contribution in [2.45, 2.75) is 44.2 Å². The maximum Gasteiger partial charge on any atom is 0.260 e. The van der Waals surface area contributed by atoms with Crippen LogP contribution in [0.3, 0.4) is 0 Å². The summed E-state index contributed by atoms with van der Waals surface area (Å²) in [5.74, 6) is 0.603. The molecule has 0 saturated heterocycles. The number of thiocarbonyl (C=S) groups is 1. The average molecular weight is 427 g/mol. The lowest BCUT2D eigenvalue weighted by Gasteiger charge is -2.35. The van der Waals surface area contributed by atoms with Gasteiger partial charge in [-0.2, -0.15) is 0 Å². The van der Waals surface area contributed by atoms with E-state index in [0.717, 1.165) is 44.1 Å². The summed E-state index contributed by atoms with van der Waals surface area (Å²) in [7, 11) is 1.61. The summed E-state index contributed by atoms with van der Waals surface area (Å²) < 4.78 is 5.22. The predicted molar refractivity (Wildman–Crippen MR) is 120 cm³/mol. The molecule has 4 nitrogen and oxygen atoms in total. The van der Waals surface area contributed by atoms with Gasteiger partial charge in [-0.25, -0.2) is 0 Å². The smallest absolute Gasteiger partial charge is 0.260 e. The van der Waals surface area contributed by atoms with Crippen LogP contribution >= 0.6 is 23.8 Å². The third-order valence-electron chi connectivity index (χ3n) is 5.68. The molecule has 2 aromatic rings. The molecular weight excluding hydrogens is 404 g/mol. The Labute approximate surface area is 181 Å². The van der Waals surface area contributed by atoms with Gasteiger partial charge in [0.2, 0.25) is 0 Å². The van der Waals surface area contributed by atoms with Crippen LogP contribution in [0.25, 0.3) is 0 Å². The highest BCUT2D eigenvalue weighted by Crippen LogP contribution is 2.40. The van der Waals surface area contributed by atoms with E-state index >= 15 is 0 Å². The lowest BCUT2D eigenvalue weighted by atomic mass is 9.99. The third-order valence-corrected chi connectivity index (χ3v) is 6.30. The SMILES string of the molecule is COc1ccc(C(=O)N2C(=S)C(c3cccc(Cl)c3)=NC23CCCCCC3)cc1. The Morgan fingerprint density at radius 1 is 1.10 bits per heavy atom. The Bertz CT molecular complexity index is 963. The van der Waals surface area contributed by atoms with E-state index in [1.165, 1.54) is 0 Å². The molecular formula is C23H23ClN2O2S. The quantitative estimate of drug-likeness (QED) is 0.593. The van der Waals surface area contributed by atoms with E-state index in [9.17, 15) is 4.79 Å². The van der Waals surface area contributed by atoms with Gasteiger partial charge >= 0.3 is 0 Å². The van der Waals surface area contributed by atoms with Crippen molar-refractivity contribution in [3.8, 4) is 5.75 Å². The van der Waals surface area contributed by atoms with Gasteiger partial charge in [-0.3, -0.25) is 14.7 Å². The number of benzene rings is 2. The Morgan fingerprint density at radius 2 is 1.79 bits per heavy atom. The van der Waals surface area contributed by atoms with E-state index in [4.69, 9.17) is 33.5 Å². The normalized spacial score (nSPS) is 18.5. The van der Waals surface area contributed by atoms with E-state index in [0.29, 0.717) is 27.0 Å². The molecule has 1 saturated carbocycles. The number of nitrogens with zero attached hydrogens (tertiary/aromatic N) is 2. The molecule has 1 heterocycles. The number of rotatable bonds is 3. The highest BCUT2D eigenvalue weighted by Gasteiger charge is 2.48. The maximum absolute atomic E-state index is 13.6. The number of ether oxygens (including phenoxy) is 1. The number of methoxy groups -OCH3 is 1. The van der Waals surface area contributed by atoms with Gasteiger partial charge in [0.25, 0.3) is 5.91 Å². The average Bonchev–Trinajstić information content (AvgIpc) is 2.86. The van der Waals surface area contributed by atoms with Crippen molar-refractivity contribution in [3.05, 3.63) is 64.7 Å². The summed E-state index contributed by atoms with van der Waals surface area (Å²) in [5.41, 5.74) is 1.52. The lowest BCUT2D eigenvalue weighted by Crippen LogP contribution is -2.49. The number of hydrogen-bond acceptors (Lipinski definition) is 4. The van der Waals surface area contributed by atoms with Crippen molar-refractivity contribution in [2.24, 2.45) is 4.99 Å². The molecule has 0 atom stereocenters. The lowest BCUT2D eigenvalue weighted by molar-refractivity contribution is 0.0692. The molecule has 0 N–H and O–H groups in total. The second-order valence-electron chi connectivity index (χ2n) is 7.54. The van der Waals surface area contributed by atoms with E-state index in [2.05, 4.69) is 0 Å². The minimum atomic E-state index is -0.609. The molecule has 0 bridgehead atoms.